The minimum absolute atomic E-state index is 0.646. The highest BCUT2D eigenvalue weighted by Crippen LogP contribution is 2.26. The van der Waals surface area contributed by atoms with Crippen LogP contribution in [0.15, 0.2) is 18.2 Å². The molecule has 1 aliphatic rings. The molecule has 0 atom stereocenters. The molecule has 0 saturated carbocycles. The Bertz CT molecular complexity index is 305. The maximum Gasteiger partial charge on any atom is 0.233 e. The van der Waals surface area contributed by atoms with Gasteiger partial charge < -0.3 is 4.74 Å². The zero-order chi connectivity index (χ0) is 8.39. The van der Waals surface area contributed by atoms with Crippen molar-refractivity contribution in [1.29, 1.82) is 0 Å². The van der Waals surface area contributed by atoms with Crippen molar-refractivity contribution in [3.05, 3.63) is 29.3 Å². The number of ether oxygens (including phenoxy) is 1. The third-order valence-electron chi connectivity index (χ3n) is 2.07. The van der Waals surface area contributed by atoms with Gasteiger partial charge in [0.25, 0.3) is 0 Å². The van der Waals surface area contributed by atoms with Gasteiger partial charge in [0, 0.05) is 11.1 Å². The molecule has 2 nitrogen and oxygen atoms in total. The van der Waals surface area contributed by atoms with E-state index in [1.165, 1.54) is 0 Å². The summed E-state index contributed by atoms with van der Waals surface area (Å²) in [5.41, 5.74) is 1.66. The molecule has 0 saturated heterocycles. The van der Waals surface area contributed by atoms with Gasteiger partial charge in [0.1, 0.15) is 5.75 Å². The van der Waals surface area contributed by atoms with Crippen molar-refractivity contribution in [3.8, 4) is 5.75 Å². The fourth-order valence-corrected chi connectivity index (χ4v) is 1.49. The molecule has 0 bridgehead atoms. The second-order valence-corrected chi connectivity index (χ2v) is 2.84. The predicted molar refractivity (Wildman–Crippen MR) is 45.1 cm³/mol. The Morgan fingerprint density at radius 2 is 2.33 bits per heavy atom. The molecular formula is C10H9O2. The number of hydrogen-bond donors (Lipinski definition) is 0. The lowest BCUT2D eigenvalue weighted by Crippen LogP contribution is -2.10. The fraction of sp³-hybridized carbons (Fsp3) is 0.300. The number of hydrogen-bond acceptors (Lipinski definition) is 2. The smallest absolute Gasteiger partial charge is 0.233 e. The molecule has 0 fully saturated rings. The second kappa shape index (κ2) is 2.97. The Morgan fingerprint density at radius 3 is 3.17 bits per heavy atom. The lowest BCUT2D eigenvalue weighted by Gasteiger charge is -2.17. The minimum atomic E-state index is 0.646. The Labute approximate surface area is 71.2 Å². The molecule has 1 aromatic carbocycles. The topological polar surface area (TPSA) is 26.3 Å². The monoisotopic (exact) mass is 161 g/mol. The molecule has 0 unspecified atom stereocenters. The normalized spacial score (nSPS) is 14.7. The zero-order valence-corrected chi connectivity index (χ0v) is 6.67. The van der Waals surface area contributed by atoms with Gasteiger partial charge in [0.15, 0.2) is 0 Å². The van der Waals surface area contributed by atoms with E-state index in [4.69, 9.17) is 4.74 Å². The first-order valence-electron chi connectivity index (χ1n) is 4.04. The van der Waals surface area contributed by atoms with Crippen molar-refractivity contribution in [2.45, 2.75) is 12.8 Å². The van der Waals surface area contributed by atoms with Gasteiger partial charge in [0.2, 0.25) is 6.29 Å². The van der Waals surface area contributed by atoms with Gasteiger partial charge >= 0.3 is 0 Å². The molecule has 0 spiro atoms. The maximum absolute atomic E-state index is 10.5. The predicted octanol–water partition coefficient (Wildman–Crippen LogP) is 1.47. The Kier molecular flexibility index (Phi) is 1.82. The van der Waals surface area contributed by atoms with E-state index in [-0.39, 0.29) is 0 Å². The van der Waals surface area contributed by atoms with Gasteiger partial charge in [-0.3, -0.25) is 4.79 Å². The van der Waals surface area contributed by atoms with Gasteiger partial charge in [0.05, 0.1) is 6.61 Å². The van der Waals surface area contributed by atoms with E-state index in [9.17, 15) is 4.79 Å². The molecule has 0 amide bonds. The molecular weight excluding hydrogens is 152 g/mol. The van der Waals surface area contributed by atoms with Crippen molar-refractivity contribution in [1.82, 2.24) is 0 Å². The van der Waals surface area contributed by atoms with Crippen molar-refractivity contribution >= 4 is 6.29 Å². The molecule has 0 aromatic heterocycles. The molecule has 0 aliphatic carbocycles. The standard InChI is InChI=1S/C10H9O2/c11-7-8-3-1-5-10-9(8)4-2-6-12-10/h1,3,5H,2,4,6H2. The van der Waals surface area contributed by atoms with E-state index in [1.54, 1.807) is 6.07 Å². The summed E-state index contributed by atoms with van der Waals surface area (Å²) in [5.74, 6) is 0.849. The van der Waals surface area contributed by atoms with Crippen LogP contribution in [-0.2, 0) is 11.2 Å². The summed E-state index contributed by atoms with van der Waals surface area (Å²) in [6.45, 7) is 0.759. The second-order valence-electron chi connectivity index (χ2n) is 2.84. The van der Waals surface area contributed by atoms with Gasteiger partial charge in [-0.2, -0.15) is 0 Å². The van der Waals surface area contributed by atoms with Crippen molar-refractivity contribution in [2.75, 3.05) is 6.61 Å². The molecule has 2 rings (SSSR count). The minimum Gasteiger partial charge on any atom is -0.493 e. The van der Waals surface area contributed by atoms with Crippen LogP contribution in [0.25, 0.3) is 0 Å². The van der Waals surface area contributed by atoms with E-state index < -0.39 is 0 Å². The molecule has 0 N–H and O–H groups in total. The third kappa shape index (κ3) is 1.09. The number of fused-ring (bicyclic) bond motifs is 1. The number of rotatable bonds is 1. The summed E-state index contributed by atoms with van der Waals surface area (Å²) in [4.78, 5) is 10.5. The first-order chi connectivity index (χ1) is 5.92. The maximum atomic E-state index is 10.5. The number of benzene rings is 1. The van der Waals surface area contributed by atoms with Crippen LogP contribution in [0.3, 0.4) is 0 Å². The Hall–Kier alpha value is -1.31. The van der Waals surface area contributed by atoms with Crippen LogP contribution in [0.4, 0.5) is 0 Å². The van der Waals surface area contributed by atoms with Crippen LogP contribution in [0.2, 0.25) is 0 Å². The highest BCUT2D eigenvalue weighted by atomic mass is 16.5. The first-order valence-corrected chi connectivity index (χ1v) is 4.04. The van der Waals surface area contributed by atoms with Crippen molar-refractivity contribution in [2.24, 2.45) is 0 Å². The summed E-state index contributed by atoms with van der Waals surface area (Å²) in [6.07, 6.45) is 3.85. The molecule has 61 valence electrons. The summed E-state index contributed by atoms with van der Waals surface area (Å²) in [5, 5.41) is 0. The molecule has 1 aliphatic heterocycles. The summed E-state index contributed by atoms with van der Waals surface area (Å²) < 4.78 is 5.39. The van der Waals surface area contributed by atoms with Crippen LogP contribution in [0, 0.1) is 0 Å². The highest BCUT2D eigenvalue weighted by Gasteiger charge is 2.13. The summed E-state index contributed by atoms with van der Waals surface area (Å²) in [6, 6.07) is 5.50. The van der Waals surface area contributed by atoms with Crippen molar-refractivity contribution < 1.29 is 9.53 Å². The average molecular weight is 161 g/mol. The van der Waals surface area contributed by atoms with E-state index in [0.717, 1.165) is 30.8 Å². The Balaban J connectivity index is 2.51. The summed E-state index contributed by atoms with van der Waals surface area (Å²) in [7, 11) is 0. The van der Waals surface area contributed by atoms with Gasteiger partial charge in [-0.25, -0.2) is 0 Å². The molecule has 2 heteroatoms. The van der Waals surface area contributed by atoms with Crippen LogP contribution in [0.5, 0.6) is 5.75 Å². The van der Waals surface area contributed by atoms with Crippen LogP contribution in [-0.4, -0.2) is 12.9 Å². The lowest BCUT2D eigenvalue weighted by atomic mass is 10.0. The van der Waals surface area contributed by atoms with E-state index >= 15 is 0 Å². The van der Waals surface area contributed by atoms with Crippen LogP contribution in [0.1, 0.15) is 17.5 Å². The van der Waals surface area contributed by atoms with Crippen LogP contribution < -0.4 is 4.74 Å². The van der Waals surface area contributed by atoms with E-state index in [0.29, 0.717) is 5.56 Å². The SMILES string of the molecule is O=[C]c1cccc2c1CCCO2. The molecule has 1 aromatic rings. The highest BCUT2D eigenvalue weighted by molar-refractivity contribution is 5.79. The van der Waals surface area contributed by atoms with Crippen LogP contribution >= 0.6 is 0 Å². The van der Waals surface area contributed by atoms with Gasteiger partial charge in [-0.1, -0.05) is 12.1 Å². The third-order valence-corrected chi connectivity index (χ3v) is 2.07. The van der Waals surface area contributed by atoms with Gasteiger partial charge in [-0.15, -0.1) is 0 Å². The van der Waals surface area contributed by atoms with Crippen molar-refractivity contribution in [3.63, 3.8) is 0 Å². The van der Waals surface area contributed by atoms with Gasteiger partial charge in [-0.05, 0) is 18.9 Å². The fourth-order valence-electron chi connectivity index (χ4n) is 1.49. The average Bonchev–Trinajstić information content (AvgIpc) is 2.17. The van der Waals surface area contributed by atoms with E-state index in [1.807, 2.05) is 18.4 Å². The largest absolute Gasteiger partial charge is 0.493 e. The lowest BCUT2D eigenvalue weighted by molar-refractivity contribution is 0.288. The molecule has 1 radical (unpaired) electrons. The number of carbonyl (C=O) groups excluding carboxylic acids is 1. The summed E-state index contributed by atoms with van der Waals surface area (Å²) >= 11 is 0. The van der Waals surface area contributed by atoms with E-state index in [2.05, 4.69) is 0 Å². The molecule has 12 heavy (non-hydrogen) atoms. The zero-order valence-electron chi connectivity index (χ0n) is 6.67. The first kappa shape index (κ1) is 7.35. The quantitative estimate of drug-likeness (QED) is 0.623. The Morgan fingerprint density at radius 1 is 1.42 bits per heavy atom. The molecule has 1 heterocycles.